The Morgan fingerprint density at radius 2 is 1.94 bits per heavy atom. The largest absolute Gasteiger partial charge is 0.495 e. The summed E-state index contributed by atoms with van der Waals surface area (Å²) in [6.45, 7) is 0.801. The molecule has 0 bridgehead atoms. The summed E-state index contributed by atoms with van der Waals surface area (Å²) in [6, 6.07) is 6.97. The fourth-order valence-electron chi connectivity index (χ4n) is 3.23. The third kappa shape index (κ3) is 5.93. The number of rotatable bonds is 7. The summed E-state index contributed by atoms with van der Waals surface area (Å²) < 4.78 is 70.6. The van der Waals surface area contributed by atoms with Crippen LogP contribution in [-0.4, -0.2) is 55.7 Å². The molecule has 1 saturated heterocycles. The van der Waals surface area contributed by atoms with Gasteiger partial charge >= 0.3 is 6.18 Å². The first-order chi connectivity index (χ1) is 15.1. The summed E-state index contributed by atoms with van der Waals surface area (Å²) in [4.78, 5) is 16.5. The van der Waals surface area contributed by atoms with Crippen molar-refractivity contribution in [2.75, 3.05) is 31.3 Å². The molecular formula is C20H22F3N3O4S2. The molecule has 0 unspecified atom stereocenters. The molecule has 1 aliphatic heterocycles. The second-order valence-corrected chi connectivity index (χ2v) is 9.91. The molecular weight excluding hydrogens is 467 g/mol. The number of hydrogen-bond acceptors (Lipinski definition) is 6. The molecule has 1 amide bonds. The highest BCUT2D eigenvalue weighted by atomic mass is 32.2. The van der Waals surface area contributed by atoms with Gasteiger partial charge in [-0.2, -0.15) is 17.5 Å². The average molecular weight is 490 g/mol. The molecule has 1 aliphatic rings. The molecule has 1 fully saturated rings. The van der Waals surface area contributed by atoms with E-state index in [0.717, 1.165) is 19.3 Å². The van der Waals surface area contributed by atoms with E-state index in [0.29, 0.717) is 24.9 Å². The minimum atomic E-state index is -4.41. The number of piperidine rings is 1. The van der Waals surface area contributed by atoms with E-state index in [1.54, 1.807) is 0 Å². The van der Waals surface area contributed by atoms with Gasteiger partial charge in [-0.05, 0) is 43.2 Å². The van der Waals surface area contributed by atoms with Crippen LogP contribution >= 0.6 is 11.8 Å². The van der Waals surface area contributed by atoms with Gasteiger partial charge < -0.3 is 10.1 Å². The Labute approximate surface area is 188 Å². The van der Waals surface area contributed by atoms with E-state index < -0.39 is 27.9 Å². The van der Waals surface area contributed by atoms with Crippen LogP contribution in [0.3, 0.4) is 0 Å². The van der Waals surface area contributed by atoms with Crippen LogP contribution in [0.1, 0.15) is 29.6 Å². The minimum absolute atomic E-state index is 0.0435. The lowest BCUT2D eigenvalue weighted by molar-refractivity contribution is -0.105. The van der Waals surface area contributed by atoms with Gasteiger partial charge in [-0.3, -0.25) is 4.79 Å². The topological polar surface area (TPSA) is 88.6 Å². The number of aromatic nitrogens is 1. The second-order valence-electron chi connectivity index (χ2n) is 7.04. The number of sulfonamides is 1. The lowest BCUT2D eigenvalue weighted by Gasteiger charge is -2.26. The van der Waals surface area contributed by atoms with Gasteiger partial charge in [0, 0.05) is 25.0 Å². The zero-order valence-corrected chi connectivity index (χ0v) is 18.8. The Morgan fingerprint density at radius 3 is 2.59 bits per heavy atom. The van der Waals surface area contributed by atoms with Crippen molar-refractivity contribution in [1.29, 1.82) is 0 Å². The van der Waals surface area contributed by atoms with E-state index in [2.05, 4.69) is 10.3 Å². The van der Waals surface area contributed by atoms with Crippen molar-refractivity contribution < 1.29 is 31.1 Å². The van der Waals surface area contributed by atoms with Crippen LogP contribution in [0.4, 0.5) is 18.9 Å². The molecule has 0 radical (unpaired) electrons. The molecule has 32 heavy (non-hydrogen) atoms. The summed E-state index contributed by atoms with van der Waals surface area (Å²) in [5, 5.41) is 2.48. The van der Waals surface area contributed by atoms with E-state index >= 15 is 0 Å². The number of methoxy groups -OCH3 is 1. The third-order valence-electron chi connectivity index (χ3n) is 4.74. The molecule has 2 heterocycles. The number of nitrogens with zero attached hydrogens (tertiary/aromatic N) is 2. The van der Waals surface area contributed by atoms with Crippen LogP contribution in [0.15, 0.2) is 46.5 Å². The van der Waals surface area contributed by atoms with Crippen molar-refractivity contribution in [1.82, 2.24) is 9.29 Å². The number of ether oxygens (including phenoxy) is 1. The van der Waals surface area contributed by atoms with Gasteiger partial charge in [0.2, 0.25) is 10.0 Å². The van der Waals surface area contributed by atoms with Crippen molar-refractivity contribution in [3.05, 3.63) is 42.1 Å². The molecule has 1 N–H and O–H groups in total. The van der Waals surface area contributed by atoms with Crippen LogP contribution in [-0.2, 0) is 10.0 Å². The van der Waals surface area contributed by atoms with Gasteiger partial charge in [-0.1, -0.05) is 18.2 Å². The predicted molar refractivity (Wildman–Crippen MR) is 115 cm³/mol. The Hall–Kier alpha value is -2.31. The van der Waals surface area contributed by atoms with Gasteiger partial charge in [0.25, 0.3) is 5.91 Å². The molecule has 0 saturated carbocycles. The molecule has 12 heteroatoms. The maximum Gasteiger partial charge on any atom is 0.398 e. The van der Waals surface area contributed by atoms with E-state index in [4.69, 9.17) is 4.74 Å². The molecule has 0 atom stereocenters. The number of carbonyl (C=O) groups is 1. The normalized spacial score (nSPS) is 15.4. The van der Waals surface area contributed by atoms with E-state index in [9.17, 15) is 26.4 Å². The van der Waals surface area contributed by atoms with Gasteiger partial charge in [0.1, 0.15) is 15.7 Å². The van der Waals surface area contributed by atoms with Crippen LogP contribution in [0.25, 0.3) is 0 Å². The zero-order valence-electron chi connectivity index (χ0n) is 17.2. The Balaban J connectivity index is 1.86. The Kier molecular flexibility index (Phi) is 7.67. The molecule has 2 aromatic rings. The van der Waals surface area contributed by atoms with Crippen molar-refractivity contribution in [3.8, 4) is 5.75 Å². The molecule has 7 nitrogen and oxygen atoms in total. The summed E-state index contributed by atoms with van der Waals surface area (Å²) in [5.41, 5.74) is 0.125. The number of amides is 1. The number of halogens is 3. The summed E-state index contributed by atoms with van der Waals surface area (Å²) >= 11 is 0.406. The lowest BCUT2D eigenvalue weighted by atomic mass is 10.2. The molecule has 174 valence electrons. The van der Waals surface area contributed by atoms with Gasteiger partial charge in [0.15, 0.2) is 0 Å². The quantitative estimate of drug-likeness (QED) is 0.588. The van der Waals surface area contributed by atoms with Crippen molar-refractivity contribution >= 4 is 33.4 Å². The zero-order chi connectivity index (χ0) is 23.4. The van der Waals surface area contributed by atoms with Gasteiger partial charge in [-0.25, -0.2) is 13.4 Å². The number of alkyl halides is 3. The standard InChI is InChI=1S/C20H22F3N3O4S2/c1-30-16-8-7-14(12-17(16)32(28,29)26-10-3-2-4-11-26)25-18(27)15-6-5-9-24-19(15)31-13-20(21,22)23/h5-9,12H,2-4,10-11,13H2,1H3,(H,25,27). The number of carbonyl (C=O) groups excluding carboxylic acids is 1. The van der Waals surface area contributed by atoms with Gasteiger partial charge in [-0.15, -0.1) is 0 Å². The van der Waals surface area contributed by atoms with Gasteiger partial charge in [0.05, 0.1) is 18.4 Å². The fraction of sp³-hybridized carbons (Fsp3) is 0.400. The first kappa shape index (κ1) is 24.3. The SMILES string of the molecule is COc1ccc(NC(=O)c2cccnc2SCC(F)(F)F)cc1S(=O)(=O)N1CCCCC1. The number of pyridine rings is 1. The average Bonchev–Trinajstić information content (AvgIpc) is 2.78. The highest BCUT2D eigenvalue weighted by Crippen LogP contribution is 2.32. The van der Waals surface area contributed by atoms with Crippen LogP contribution in [0.2, 0.25) is 0 Å². The molecule has 3 rings (SSSR count). The maximum atomic E-state index is 13.1. The Morgan fingerprint density at radius 1 is 1.22 bits per heavy atom. The van der Waals surface area contributed by atoms with Crippen molar-refractivity contribution in [3.63, 3.8) is 0 Å². The highest BCUT2D eigenvalue weighted by Gasteiger charge is 2.30. The first-order valence-corrected chi connectivity index (χ1v) is 12.2. The second kappa shape index (κ2) is 10.1. The van der Waals surface area contributed by atoms with Crippen molar-refractivity contribution in [2.24, 2.45) is 0 Å². The summed E-state index contributed by atoms with van der Waals surface area (Å²) in [7, 11) is -2.50. The monoisotopic (exact) mass is 489 g/mol. The summed E-state index contributed by atoms with van der Waals surface area (Å²) in [5.74, 6) is -1.75. The van der Waals surface area contributed by atoms with E-state index in [1.165, 1.54) is 47.9 Å². The predicted octanol–water partition coefficient (Wildman–Crippen LogP) is 4.17. The van der Waals surface area contributed by atoms with Crippen molar-refractivity contribution in [2.45, 2.75) is 35.4 Å². The minimum Gasteiger partial charge on any atom is -0.495 e. The lowest BCUT2D eigenvalue weighted by Crippen LogP contribution is -2.35. The molecule has 0 aliphatic carbocycles. The molecule has 1 aromatic carbocycles. The number of anilines is 1. The number of nitrogens with one attached hydrogen (secondary N) is 1. The fourth-order valence-corrected chi connectivity index (χ4v) is 5.68. The van der Waals surface area contributed by atoms with Crippen LogP contribution < -0.4 is 10.1 Å². The smallest absolute Gasteiger partial charge is 0.398 e. The first-order valence-electron chi connectivity index (χ1n) is 9.76. The number of hydrogen-bond donors (Lipinski definition) is 1. The summed E-state index contributed by atoms with van der Waals surface area (Å²) in [6.07, 6.45) is -0.635. The van der Waals surface area contributed by atoms with Crippen LogP contribution in [0.5, 0.6) is 5.75 Å². The Bertz CT molecular complexity index is 1070. The maximum absolute atomic E-state index is 13.1. The highest BCUT2D eigenvalue weighted by molar-refractivity contribution is 7.99. The number of thioether (sulfide) groups is 1. The van der Waals surface area contributed by atoms with E-state index in [-0.39, 0.29) is 26.9 Å². The number of benzene rings is 1. The van der Waals surface area contributed by atoms with Crippen LogP contribution in [0, 0.1) is 0 Å². The molecule has 1 aromatic heterocycles. The molecule has 0 spiro atoms. The van der Waals surface area contributed by atoms with E-state index in [1.807, 2.05) is 0 Å². The third-order valence-corrected chi connectivity index (χ3v) is 7.73.